The van der Waals surface area contributed by atoms with Crippen LogP contribution in [0.2, 0.25) is 0 Å². The molecule has 0 radical (unpaired) electrons. The molecule has 0 spiro atoms. The molecular formula is C9H9IO2S. The summed E-state index contributed by atoms with van der Waals surface area (Å²) < 4.78 is 1.05. The highest BCUT2D eigenvalue weighted by molar-refractivity contribution is 14.1. The Kier molecular flexibility index (Phi) is 4.05. The van der Waals surface area contributed by atoms with Gasteiger partial charge in [-0.15, -0.1) is 11.8 Å². The van der Waals surface area contributed by atoms with Crippen LogP contribution in [0.25, 0.3) is 0 Å². The molecule has 0 aromatic heterocycles. The van der Waals surface area contributed by atoms with Crippen molar-refractivity contribution in [3.63, 3.8) is 0 Å². The zero-order valence-corrected chi connectivity index (χ0v) is 10.1. The van der Waals surface area contributed by atoms with Gasteiger partial charge in [-0.05, 0) is 40.5 Å². The third-order valence-electron chi connectivity index (χ3n) is 1.60. The van der Waals surface area contributed by atoms with Gasteiger partial charge in [-0.25, -0.2) is 0 Å². The lowest BCUT2D eigenvalue weighted by atomic mass is 10.2. The number of carboxylic acids is 1. The van der Waals surface area contributed by atoms with E-state index in [0.29, 0.717) is 0 Å². The second-order valence-electron chi connectivity index (χ2n) is 2.50. The zero-order chi connectivity index (χ0) is 9.84. The molecule has 0 unspecified atom stereocenters. The fourth-order valence-corrected chi connectivity index (χ4v) is 2.75. The summed E-state index contributed by atoms with van der Waals surface area (Å²) in [6.45, 7) is 0. The third kappa shape index (κ3) is 2.87. The Morgan fingerprint density at radius 2 is 2.31 bits per heavy atom. The lowest BCUT2D eigenvalue weighted by Crippen LogP contribution is -2.02. The van der Waals surface area contributed by atoms with E-state index in [2.05, 4.69) is 22.6 Å². The van der Waals surface area contributed by atoms with Crippen molar-refractivity contribution in [2.24, 2.45) is 0 Å². The standard InChI is InChI=1S/C9H9IO2S/c1-13-7-4-2-3-6(9(7)10)5-8(11)12/h2-4H,5H2,1H3,(H,11,12). The first kappa shape index (κ1) is 10.8. The monoisotopic (exact) mass is 308 g/mol. The summed E-state index contributed by atoms with van der Waals surface area (Å²) >= 11 is 3.83. The minimum atomic E-state index is -0.781. The molecule has 1 aromatic carbocycles. The second-order valence-corrected chi connectivity index (χ2v) is 4.43. The van der Waals surface area contributed by atoms with Crippen molar-refractivity contribution in [2.45, 2.75) is 11.3 Å². The lowest BCUT2D eigenvalue weighted by molar-refractivity contribution is -0.136. The fraction of sp³-hybridized carbons (Fsp3) is 0.222. The number of benzene rings is 1. The molecule has 0 amide bonds. The summed E-state index contributed by atoms with van der Waals surface area (Å²) in [5, 5.41) is 8.64. The summed E-state index contributed by atoms with van der Waals surface area (Å²) in [6.07, 6.45) is 2.09. The highest BCUT2D eigenvalue weighted by Crippen LogP contribution is 2.25. The van der Waals surface area contributed by atoms with Crippen LogP contribution in [0.5, 0.6) is 0 Å². The van der Waals surface area contributed by atoms with E-state index in [0.717, 1.165) is 14.0 Å². The predicted octanol–water partition coefficient (Wildman–Crippen LogP) is 2.64. The Morgan fingerprint density at radius 3 is 2.85 bits per heavy atom. The smallest absolute Gasteiger partial charge is 0.307 e. The van der Waals surface area contributed by atoms with Crippen LogP contribution in [0.1, 0.15) is 5.56 Å². The molecule has 4 heteroatoms. The van der Waals surface area contributed by atoms with Crippen LogP contribution in [0.15, 0.2) is 23.1 Å². The average Bonchev–Trinajstić information content (AvgIpc) is 2.08. The molecule has 0 aliphatic heterocycles. The molecule has 70 valence electrons. The first-order valence-electron chi connectivity index (χ1n) is 3.68. The van der Waals surface area contributed by atoms with Crippen molar-refractivity contribution in [1.29, 1.82) is 0 Å². The number of halogens is 1. The topological polar surface area (TPSA) is 37.3 Å². The Balaban J connectivity index is 3.01. The van der Waals surface area contributed by atoms with Gasteiger partial charge in [0.15, 0.2) is 0 Å². The molecule has 0 saturated heterocycles. The molecule has 0 heterocycles. The van der Waals surface area contributed by atoms with E-state index in [1.54, 1.807) is 11.8 Å². The van der Waals surface area contributed by atoms with E-state index in [4.69, 9.17) is 5.11 Å². The molecule has 1 rings (SSSR count). The van der Waals surface area contributed by atoms with Gasteiger partial charge >= 0.3 is 5.97 Å². The van der Waals surface area contributed by atoms with Crippen molar-refractivity contribution in [3.8, 4) is 0 Å². The van der Waals surface area contributed by atoms with Gasteiger partial charge in [0.05, 0.1) is 6.42 Å². The van der Waals surface area contributed by atoms with E-state index in [-0.39, 0.29) is 6.42 Å². The van der Waals surface area contributed by atoms with Crippen LogP contribution >= 0.6 is 34.4 Å². The first-order chi connectivity index (χ1) is 6.15. The Labute approximate surface area is 94.9 Å². The van der Waals surface area contributed by atoms with Crippen LogP contribution in [0, 0.1) is 3.57 Å². The van der Waals surface area contributed by atoms with Gasteiger partial charge in [-0.3, -0.25) is 4.79 Å². The zero-order valence-electron chi connectivity index (χ0n) is 7.08. The van der Waals surface area contributed by atoms with Gasteiger partial charge in [0.25, 0.3) is 0 Å². The molecule has 0 atom stereocenters. The van der Waals surface area contributed by atoms with Crippen molar-refractivity contribution in [3.05, 3.63) is 27.3 Å². The van der Waals surface area contributed by atoms with Crippen molar-refractivity contribution < 1.29 is 9.90 Å². The van der Waals surface area contributed by atoms with Gasteiger partial charge in [0.1, 0.15) is 0 Å². The van der Waals surface area contributed by atoms with Gasteiger partial charge < -0.3 is 5.11 Å². The van der Waals surface area contributed by atoms with E-state index >= 15 is 0 Å². The molecule has 0 aliphatic carbocycles. The SMILES string of the molecule is CSc1cccc(CC(=O)O)c1I. The van der Waals surface area contributed by atoms with Crippen LogP contribution in [-0.2, 0) is 11.2 Å². The number of rotatable bonds is 3. The van der Waals surface area contributed by atoms with E-state index in [1.807, 2.05) is 24.5 Å². The Hall–Kier alpha value is -0.230. The number of thioether (sulfide) groups is 1. The maximum atomic E-state index is 10.5. The molecular weight excluding hydrogens is 299 g/mol. The molecule has 1 N–H and O–H groups in total. The average molecular weight is 308 g/mol. The predicted molar refractivity (Wildman–Crippen MR) is 62.3 cm³/mol. The summed E-state index contributed by atoms with van der Waals surface area (Å²) in [5.74, 6) is -0.781. The summed E-state index contributed by atoms with van der Waals surface area (Å²) in [4.78, 5) is 11.6. The normalized spacial score (nSPS) is 10.0. The first-order valence-corrected chi connectivity index (χ1v) is 5.98. The maximum absolute atomic E-state index is 10.5. The van der Waals surface area contributed by atoms with E-state index < -0.39 is 5.97 Å². The molecule has 0 aliphatic rings. The largest absolute Gasteiger partial charge is 0.481 e. The van der Waals surface area contributed by atoms with E-state index in [9.17, 15) is 4.79 Å². The van der Waals surface area contributed by atoms with Crippen molar-refractivity contribution >= 4 is 40.3 Å². The van der Waals surface area contributed by atoms with Crippen molar-refractivity contribution in [2.75, 3.05) is 6.26 Å². The lowest BCUT2D eigenvalue weighted by Gasteiger charge is -2.05. The van der Waals surface area contributed by atoms with Gasteiger partial charge in [-0.1, -0.05) is 12.1 Å². The number of carboxylic acid groups (broad SMARTS) is 1. The Bertz CT molecular complexity index is 325. The number of hydrogen-bond donors (Lipinski definition) is 1. The third-order valence-corrected chi connectivity index (χ3v) is 4.02. The van der Waals surface area contributed by atoms with Crippen LogP contribution < -0.4 is 0 Å². The quantitative estimate of drug-likeness (QED) is 0.689. The number of carbonyl (C=O) groups is 1. The minimum Gasteiger partial charge on any atom is -0.481 e. The molecule has 0 fully saturated rings. The summed E-state index contributed by atoms with van der Waals surface area (Å²) in [6, 6.07) is 5.75. The minimum absolute atomic E-state index is 0.104. The molecule has 13 heavy (non-hydrogen) atoms. The van der Waals surface area contributed by atoms with Crippen LogP contribution in [-0.4, -0.2) is 17.3 Å². The van der Waals surface area contributed by atoms with Gasteiger partial charge in [0.2, 0.25) is 0 Å². The molecule has 0 bridgehead atoms. The summed E-state index contributed by atoms with van der Waals surface area (Å²) in [5.41, 5.74) is 0.889. The molecule has 2 nitrogen and oxygen atoms in total. The fourth-order valence-electron chi connectivity index (χ4n) is 1.01. The second kappa shape index (κ2) is 4.85. The Morgan fingerprint density at radius 1 is 1.62 bits per heavy atom. The van der Waals surface area contributed by atoms with Crippen LogP contribution in [0.3, 0.4) is 0 Å². The molecule has 1 aromatic rings. The van der Waals surface area contributed by atoms with E-state index in [1.165, 1.54) is 0 Å². The number of hydrogen-bond acceptors (Lipinski definition) is 2. The summed E-state index contributed by atoms with van der Waals surface area (Å²) in [7, 11) is 0. The highest BCUT2D eigenvalue weighted by Gasteiger charge is 2.07. The maximum Gasteiger partial charge on any atom is 0.307 e. The van der Waals surface area contributed by atoms with Crippen LogP contribution in [0.4, 0.5) is 0 Å². The highest BCUT2D eigenvalue weighted by atomic mass is 127. The van der Waals surface area contributed by atoms with Crippen molar-refractivity contribution in [1.82, 2.24) is 0 Å². The molecule has 0 saturated carbocycles. The van der Waals surface area contributed by atoms with Gasteiger partial charge in [0, 0.05) is 8.47 Å². The van der Waals surface area contributed by atoms with Gasteiger partial charge in [-0.2, -0.15) is 0 Å². The number of aliphatic carboxylic acids is 1.